The highest BCUT2D eigenvalue weighted by molar-refractivity contribution is 6.05. The molecule has 1 atom stereocenters. The molecule has 0 aromatic rings. The first-order chi connectivity index (χ1) is 8.68. The van der Waals surface area contributed by atoms with Gasteiger partial charge < -0.3 is 10.1 Å². The van der Waals surface area contributed by atoms with Gasteiger partial charge in [0, 0.05) is 13.0 Å². The van der Waals surface area contributed by atoms with Crippen molar-refractivity contribution < 1.29 is 19.1 Å². The van der Waals surface area contributed by atoms with E-state index in [0.717, 1.165) is 0 Å². The number of alkyl carbamates (subject to hydrolysis) is 1. The minimum atomic E-state index is -0.688. The molecule has 1 heterocycles. The number of amides is 3. The molecule has 0 saturated carbocycles. The predicted molar refractivity (Wildman–Crippen MR) is 69.3 cm³/mol. The molecular formula is C13H22N2O4. The summed E-state index contributed by atoms with van der Waals surface area (Å²) >= 11 is 0. The molecule has 1 unspecified atom stereocenters. The monoisotopic (exact) mass is 270 g/mol. The number of ether oxygens (including phenoxy) is 1. The van der Waals surface area contributed by atoms with Crippen molar-refractivity contribution in [2.45, 2.75) is 52.6 Å². The van der Waals surface area contributed by atoms with Crippen LogP contribution >= 0.6 is 0 Å². The fourth-order valence-corrected chi connectivity index (χ4v) is 2.07. The third-order valence-corrected chi connectivity index (χ3v) is 3.18. The molecule has 19 heavy (non-hydrogen) atoms. The molecule has 6 heteroatoms. The zero-order valence-electron chi connectivity index (χ0n) is 12.0. The van der Waals surface area contributed by atoms with Crippen LogP contribution in [0.25, 0.3) is 0 Å². The van der Waals surface area contributed by atoms with Crippen molar-refractivity contribution in [3.63, 3.8) is 0 Å². The topological polar surface area (TPSA) is 84.5 Å². The molecule has 0 aromatic heterocycles. The van der Waals surface area contributed by atoms with Gasteiger partial charge in [0.05, 0.1) is 5.41 Å². The highest BCUT2D eigenvalue weighted by Crippen LogP contribution is 2.34. The van der Waals surface area contributed by atoms with Gasteiger partial charge in [-0.05, 0) is 33.6 Å². The molecule has 1 saturated heterocycles. The van der Waals surface area contributed by atoms with E-state index in [1.165, 1.54) is 0 Å². The summed E-state index contributed by atoms with van der Waals surface area (Å²) in [7, 11) is 0. The molecule has 0 spiro atoms. The number of imide groups is 1. The molecule has 0 aliphatic carbocycles. The van der Waals surface area contributed by atoms with Crippen molar-refractivity contribution in [3.8, 4) is 0 Å². The van der Waals surface area contributed by atoms with E-state index >= 15 is 0 Å². The second-order valence-electron chi connectivity index (χ2n) is 5.87. The van der Waals surface area contributed by atoms with Gasteiger partial charge in [-0.3, -0.25) is 14.9 Å². The Morgan fingerprint density at radius 2 is 2.05 bits per heavy atom. The summed E-state index contributed by atoms with van der Waals surface area (Å²) in [5.74, 6) is -0.491. The predicted octanol–water partition coefficient (Wildman–Crippen LogP) is 1.34. The summed E-state index contributed by atoms with van der Waals surface area (Å²) in [5, 5.41) is 4.92. The van der Waals surface area contributed by atoms with E-state index in [4.69, 9.17) is 4.74 Å². The lowest BCUT2D eigenvalue weighted by Crippen LogP contribution is -2.37. The van der Waals surface area contributed by atoms with Crippen LogP contribution in [0.2, 0.25) is 0 Å². The Labute approximate surface area is 113 Å². The highest BCUT2D eigenvalue weighted by atomic mass is 16.6. The van der Waals surface area contributed by atoms with Gasteiger partial charge in [0.25, 0.3) is 0 Å². The van der Waals surface area contributed by atoms with Crippen LogP contribution < -0.4 is 10.6 Å². The summed E-state index contributed by atoms with van der Waals surface area (Å²) in [4.78, 5) is 34.5. The Kier molecular flexibility index (Phi) is 4.55. The standard InChI is InChI=1S/C13H22N2O4/c1-5-13(8-9(16)15-10(13)17)6-7-14-11(18)19-12(2,3)4/h5-8H2,1-4H3,(H,14,18)(H,15,16,17). The van der Waals surface area contributed by atoms with Crippen LogP contribution in [0.15, 0.2) is 0 Å². The first-order valence-corrected chi connectivity index (χ1v) is 6.50. The Bertz CT molecular complexity index is 387. The Balaban J connectivity index is 2.45. The Morgan fingerprint density at radius 1 is 1.42 bits per heavy atom. The van der Waals surface area contributed by atoms with Gasteiger partial charge >= 0.3 is 6.09 Å². The molecule has 0 aromatic carbocycles. The van der Waals surface area contributed by atoms with Crippen LogP contribution in [0.1, 0.15) is 47.0 Å². The van der Waals surface area contributed by atoms with Gasteiger partial charge in [-0.1, -0.05) is 6.92 Å². The molecule has 0 radical (unpaired) electrons. The van der Waals surface area contributed by atoms with Gasteiger partial charge in [0.1, 0.15) is 5.60 Å². The molecule has 1 fully saturated rings. The number of hydrogen-bond acceptors (Lipinski definition) is 4. The molecule has 108 valence electrons. The molecule has 6 nitrogen and oxygen atoms in total. The summed E-state index contributed by atoms with van der Waals surface area (Å²) in [6.07, 6.45) is 0.683. The van der Waals surface area contributed by atoms with E-state index in [9.17, 15) is 14.4 Å². The zero-order chi connectivity index (χ0) is 14.7. The zero-order valence-corrected chi connectivity index (χ0v) is 12.0. The molecule has 3 amide bonds. The SMILES string of the molecule is CCC1(CCNC(=O)OC(C)(C)C)CC(=O)NC1=O. The maximum absolute atomic E-state index is 11.8. The van der Waals surface area contributed by atoms with Gasteiger partial charge in [0.2, 0.25) is 11.8 Å². The fourth-order valence-electron chi connectivity index (χ4n) is 2.07. The third kappa shape index (κ3) is 4.22. The van der Waals surface area contributed by atoms with E-state index in [1.54, 1.807) is 20.8 Å². The smallest absolute Gasteiger partial charge is 0.407 e. The van der Waals surface area contributed by atoms with Gasteiger partial charge in [-0.25, -0.2) is 4.79 Å². The van der Waals surface area contributed by atoms with E-state index in [2.05, 4.69) is 10.6 Å². The van der Waals surface area contributed by atoms with Crippen molar-refractivity contribution in [1.29, 1.82) is 0 Å². The minimum Gasteiger partial charge on any atom is -0.444 e. The van der Waals surface area contributed by atoms with E-state index in [-0.39, 0.29) is 18.2 Å². The fraction of sp³-hybridized carbons (Fsp3) is 0.769. The lowest BCUT2D eigenvalue weighted by molar-refractivity contribution is -0.129. The number of rotatable bonds is 4. The van der Waals surface area contributed by atoms with E-state index < -0.39 is 17.1 Å². The summed E-state index contributed by atoms with van der Waals surface area (Å²) in [5.41, 5.74) is -1.24. The van der Waals surface area contributed by atoms with Gasteiger partial charge in [-0.2, -0.15) is 0 Å². The van der Waals surface area contributed by atoms with Crippen LogP contribution in [-0.4, -0.2) is 30.1 Å². The Morgan fingerprint density at radius 3 is 2.47 bits per heavy atom. The highest BCUT2D eigenvalue weighted by Gasteiger charge is 2.44. The molecule has 1 aliphatic rings. The average Bonchev–Trinajstić information content (AvgIpc) is 2.51. The molecule has 2 N–H and O–H groups in total. The van der Waals surface area contributed by atoms with Crippen LogP contribution in [0.3, 0.4) is 0 Å². The maximum Gasteiger partial charge on any atom is 0.407 e. The lowest BCUT2D eigenvalue weighted by atomic mass is 9.80. The third-order valence-electron chi connectivity index (χ3n) is 3.18. The number of carbonyl (C=O) groups is 3. The second-order valence-corrected chi connectivity index (χ2v) is 5.87. The summed E-state index contributed by atoms with van der Waals surface area (Å²) < 4.78 is 5.10. The van der Waals surface area contributed by atoms with Crippen LogP contribution in [-0.2, 0) is 14.3 Å². The average molecular weight is 270 g/mol. The largest absolute Gasteiger partial charge is 0.444 e. The number of hydrogen-bond donors (Lipinski definition) is 2. The first-order valence-electron chi connectivity index (χ1n) is 6.50. The summed E-state index contributed by atoms with van der Waals surface area (Å²) in [6, 6.07) is 0. The van der Waals surface area contributed by atoms with Crippen LogP contribution in [0, 0.1) is 5.41 Å². The van der Waals surface area contributed by atoms with Crippen molar-refractivity contribution >= 4 is 17.9 Å². The quantitative estimate of drug-likeness (QED) is 0.755. The van der Waals surface area contributed by atoms with E-state index in [0.29, 0.717) is 19.4 Å². The lowest BCUT2D eigenvalue weighted by Gasteiger charge is -2.24. The van der Waals surface area contributed by atoms with E-state index in [1.807, 2.05) is 6.92 Å². The molecule has 1 aliphatic heterocycles. The normalized spacial score (nSPS) is 23.2. The van der Waals surface area contributed by atoms with Crippen LogP contribution in [0.5, 0.6) is 0 Å². The van der Waals surface area contributed by atoms with Crippen molar-refractivity contribution in [2.24, 2.45) is 5.41 Å². The van der Waals surface area contributed by atoms with Gasteiger partial charge in [-0.15, -0.1) is 0 Å². The van der Waals surface area contributed by atoms with Crippen molar-refractivity contribution in [2.75, 3.05) is 6.54 Å². The first kappa shape index (κ1) is 15.5. The van der Waals surface area contributed by atoms with Crippen LogP contribution in [0.4, 0.5) is 4.79 Å². The molecule has 1 rings (SSSR count). The summed E-state index contributed by atoms with van der Waals surface area (Å²) in [6.45, 7) is 7.52. The second kappa shape index (κ2) is 5.59. The number of carbonyl (C=O) groups excluding carboxylic acids is 3. The number of nitrogens with one attached hydrogen (secondary N) is 2. The van der Waals surface area contributed by atoms with Crippen molar-refractivity contribution in [1.82, 2.24) is 10.6 Å². The molecule has 0 bridgehead atoms. The molecular weight excluding hydrogens is 248 g/mol. The Hall–Kier alpha value is -1.59. The van der Waals surface area contributed by atoms with Crippen molar-refractivity contribution in [3.05, 3.63) is 0 Å². The van der Waals surface area contributed by atoms with Gasteiger partial charge in [0.15, 0.2) is 0 Å². The maximum atomic E-state index is 11.8. The minimum absolute atomic E-state index is 0.193.